The van der Waals surface area contributed by atoms with E-state index >= 15 is 0 Å². The number of benzene rings is 1. The molecule has 1 aromatic heterocycles. The second-order valence-electron chi connectivity index (χ2n) is 4.74. The Balaban J connectivity index is 2.50. The molecule has 0 radical (unpaired) electrons. The van der Waals surface area contributed by atoms with Crippen molar-refractivity contribution in [2.24, 2.45) is 10.7 Å². The molecule has 0 saturated heterocycles. The van der Waals surface area contributed by atoms with Gasteiger partial charge in [0.1, 0.15) is 5.84 Å². The van der Waals surface area contributed by atoms with Crippen molar-refractivity contribution in [3.8, 4) is 0 Å². The molecule has 0 saturated carbocycles. The lowest BCUT2D eigenvalue weighted by Crippen LogP contribution is -2.16. The van der Waals surface area contributed by atoms with Crippen LogP contribution in [0.3, 0.4) is 0 Å². The minimum atomic E-state index is 0.494. The van der Waals surface area contributed by atoms with E-state index in [-0.39, 0.29) is 0 Å². The molecule has 0 spiro atoms. The summed E-state index contributed by atoms with van der Waals surface area (Å²) in [7, 11) is 1.66. The Labute approximate surface area is 123 Å². The standard InChI is InChI=1S/C15H19N3OS/c1-9-6-5-7-10(2)13(9)18(19)12-8-20-14(11(12)3)15(16)17-4/h5-8,19H,1-4H3,(H2,16,17). The molecule has 0 aliphatic rings. The Morgan fingerprint density at radius 3 is 2.40 bits per heavy atom. The van der Waals surface area contributed by atoms with Crippen LogP contribution in [0, 0.1) is 20.8 Å². The molecular weight excluding hydrogens is 270 g/mol. The van der Waals surface area contributed by atoms with Crippen LogP contribution in [0.5, 0.6) is 0 Å². The van der Waals surface area contributed by atoms with Gasteiger partial charge in [-0.15, -0.1) is 11.3 Å². The number of aliphatic imine (C=N–C) groups is 1. The van der Waals surface area contributed by atoms with Gasteiger partial charge < -0.3 is 5.73 Å². The number of rotatable bonds is 3. The van der Waals surface area contributed by atoms with E-state index in [1.54, 1.807) is 7.05 Å². The van der Waals surface area contributed by atoms with Crippen LogP contribution in [0.4, 0.5) is 11.4 Å². The van der Waals surface area contributed by atoms with Gasteiger partial charge in [0.25, 0.3) is 0 Å². The van der Waals surface area contributed by atoms with Crippen molar-refractivity contribution in [3.05, 3.63) is 45.1 Å². The fourth-order valence-corrected chi connectivity index (χ4v) is 3.23. The van der Waals surface area contributed by atoms with Crippen LogP contribution in [0.15, 0.2) is 28.6 Å². The van der Waals surface area contributed by atoms with Crippen LogP contribution in [0.25, 0.3) is 0 Å². The topological polar surface area (TPSA) is 61.8 Å². The van der Waals surface area contributed by atoms with Gasteiger partial charge in [-0.3, -0.25) is 10.2 Å². The van der Waals surface area contributed by atoms with Crippen molar-refractivity contribution in [2.45, 2.75) is 20.8 Å². The third-order valence-electron chi connectivity index (χ3n) is 3.37. The summed E-state index contributed by atoms with van der Waals surface area (Å²) in [5.41, 5.74) is 10.4. The molecule has 0 amide bonds. The van der Waals surface area contributed by atoms with Gasteiger partial charge in [0, 0.05) is 12.4 Å². The number of anilines is 2. The predicted molar refractivity (Wildman–Crippen MR) is 85.5 cm³/mol. The van der Waals surface area contributed by atoms with E-state index in [0.717, 1.165) is 32.9 Å². The minimum absolute atomic E-state index is 0.494. The number of nitrogens with zero attached hydrogens (tertiary/aromatic N) is 2. The van der Waals surface area contributed by atoms with Crippen molar-refractivity contribution < 1.29 is 5.21 Å². The van der Waals surface area contributed by atoms with Crippen LogP contribution < -0.4 is 10.8 Å². The van der Waals surface area contributed by atoms with Crippen molar-refractivity contribution in [1.29, 1.82) is 0 Å². The summed E-state index contributed by atoms with van der Waals surface area (Å²) in [4.78, 5) is 4.90. The number of aryl methyl sites for hydroxylation is 2. The molecule has 5 heteroatoms. The van der Waals surface area contributed by atoms with Gasteiger partial charge in [-0.05, 0) is 37.5 Å². The van der Waals surface area contributed by atoms with Crippen molar-refractivity contribution >= 4 is 28.5 Å². The van der Waals surface area contributed by atoms with Crippen LogP contribution in [-0.2, 0) is 0 Å². The van der Waals surface area contributed by atoms with Crippen molar-refractivity contribution in [2.75, 3.05) is 12.1 Å². The normalized spacial score (nSPS) is 11.8. The SMILES string of the molecule is CN=C(N)c1scc(N(O)c2c(C)cccc2C)c1C. The molecule has 20 heavy (non-hydrogen) atoms. The Morgan fingerprint density at radius 1 is 1.25 bits per heavy atom. The van der Waals surface area contributed by atoms with Gasteiger partial charge in [-0.2, -0.15) is 0 Å². The molecule has 1 aromatic carbocycles. The molecule has 2 rings (SSSR count). The van der Waals surface area contributed by atoms with Gasteiger partial charge in [0.05, 0.1) is 16.3 Å². The first-order chi connectivity index (χ1) is 9.47. The Kier molecular flexibility index (Phi) is 4.11. The maximum Gasteiger partial charge on any atom is 0.135 e. The van der Waals surface area contributed by atoms with E-state index in [1.165, 1.54) is 16.4 Å². The summed E-state index contributed by atoms with van der Waals surface area (Å²) in [6.45, 7) is 5.90. The smallest absolute Gasteiger partial charge is 0.135 e. The minimum Gasteiger partial charge on any atom is -0.383 e. The van der Waals surface area contributed by atoms with Crippen LogP contribution >= 0.6 is 11.3 Å². The number of nitrogens with two attached hydrogens (primary N) is 1. The molecule has 0 bridgehead atoms. The maximum absolute atomic E-state index is 10.6. The Hall–Kier alpha value is -1.85. The molecule has 0 atom stereocenters. The van der Waals surface area contributed by atoms with Crippen molar-refractivity contribution in [1.82, 2.24) is 0 Å². The third-order valence-corrected chi connectivity index (χ3v) is 4.46. The van der Waals surface area contributed by atoms with E-state index in [4.69, 9.17) is 5.73 Å². The lowest BCUT2D eigenvalue weighted by atomic mass is 10.1. The van der Waals surface area contributed by atoms with Crippen LogP contribution in [0.2, 0.25) is 0 Å². The number of hydrogen-bond acceptors (Lipinski definition) is 4. The number of amidine groups is 1. The van der Waals surface area contributed by atoms with Gasteiger partial charge in [-0.1, -0.05) is 18.2 Å². The highest BCUT2D eigenvalue weighted by Crippen LogP contribution is 2.35. The lowest BCUT2D eigenvalue weighted by molar-refractivity contribution is 0.300. The van der Waals surface area contributed by atoms with E-state index in [9.17, 15) is 5.21 Å². The predicted octanol–water partition coefficient (Wildman–Crippen LogP) is 3.54. The molecule has 4 nitrogen and oxygen atoms in total. The molecular formula is C15H19N3OS. The maximum atomic E-state index is 10.6. The summed E-state index contributed by atoms with van der Waals surface area (Å²) in [6, 6.07) is 5.95. The average molecular weight is 289 g/mol. The molecule has 1 heterocycles. The highest BCUT2D eigenvalue weighted by atomic mass is 32.1. The van der Waals surface area contributed by atoms with E-state index in [2.05, 4.69) is 4.99 Å². The molecule has 106 valence electrons. The van der Waals surface area contributed by atoms with E-state index in [1.807, 2.05) is 44.4 Å². The highest BCUT2D eigenvalue weighted by Gasteiger charge is 2.18. The summed E-state index contributed by atoms with van der Waals surface area (Å²) >= 11 is 1.49. The van der Waals surface area contributed by atoms with E-state index in [0.29, 0.717) is 5.84 Å². The molecule has 2 aromatic rings. The van der Waals surface area contributed by atoms with Crippen LogP contribution in [-0.4, -0.2) is 18.1 Å². The summed E-state index contributed by atoms with van der Waals surface area (Å²) in [5, 5.41) is 13.7. The van der Waals surface area contributed by atoms with Gasteiger partial charge in [-0.25, -0.2) is 5.06 Å². The molecule has 0 unspecified atom stereocenters. The average Bonchev–Trinajstić information content (AvgIpc) is 2.79. The monoisotopic (exact) mass is 289 g/mol. The first-order valence-corrected chi connectivity index (χ1v) is 7.21. The zero-order valence-corrected chi connectivity index (χ0v) is 13.0. The van der Waals surface area contributed by atoms with Gasteiger partial charge >= 0.3 is 0 Å². The second kappa shape index (κ2) is 5.64. The number of para-hydroxylation sites is 1. The second-order valence-corrected chi connectivity index (χ2v) is 5.62. The fourth-order valence-electron chi connectivity index (χ4n) is 2.23. The van der Waals surface area contributed by atoms with Crippen molar-refractivity contribution in [3.63, 3.8) is 0 Å². The van der Waals surface area contributed by atoms with Gasteiger partial charge in [0.2, 0.25) is 0 Å². The summed E-state index contributed by atoms with van der Waals surface area (Å²) in [5.74, 6) is 0.494. The van der Waals surface area contributed by atoms with E-state index < -0.39 is 0 Å². The number of thiophene rings is 1. The lowest BCUT2D eigenvalue weighted by Gasteiger charge is -2.21. The van der Waals surface area contributed by atoms with Crippen LogP contribution in [0.1, 0.15) is 21.6 Å². The molecule has 0 fully saturated rings. The summed E-state index contributed by atoms with van der Waals surface area (Å²) < 4.78 is 0. The van der Waals surface area contributed by atoms with Gasteiger partial charge in [0.15, 0.2) is 0 Å². The molecule has 0 aliphatic heterocycles. The zero-order valence-electron chi connectivity index (χ0n) is 12.1. The first-order valence-electron chi connectivity index (χ1n) is 6.33. The molecule has 0 aliphatic carbocycles. The zero-order chi connectivity index (χ0) is 14.9. The quantitative estimate of drug-likeness (QED) is 0.516. The first kappa shape index (κ1) is 14.6. The summed E-state index contributed by atoms with van der Waals surface area (Å²) in [6.07, 6.45) is 0. The Bertz CT molecular complexity index is 641. The highest BCUT2D eigenvalue weighted by molar-refractivity contribution is 7.12. The Morgan fingerprint density at radius 2 is 1.85 bits per heavy atom. The third kappa shape index (κ3) is 2.42. The molecule has 3 N–H and O–H groups in total. The fraction of sp³-hybridized carbons (Fsp3) is 0.267. The number of hydrogen-bond donors (Lipinski definition) is 2. The largest absolute Gasteiger partial charge is 0.383 e.